The van der Waals surface area contributed by atoms with E-state index >= 15 is 0 Å². The van der Waals surface area contributed by atoms with Gasteiger partial charge >= 0.3 is 0 Å². The molecule has 2 aliphatic rings. The molecule has 1 saturated heterocycles. The van der Waals surface area contributed by atoms with Crippen LogP contribution < -0.4 is 10.7 Å². The minimum atomic E-state index is -0.905. The largest absolute Gasteiger partial charge is 0.503 e. The Morgan fingerprint density at radius 1 is 1.30 bits per heavy atom. The van der Waals surface area contributed by atoms with Gasteiger partial charge < -0.3 is 24.6 Å². The van der Waals surface area contributed by atoms with E-state index < -0.39 is 34.4 Å². The zero-order chi connectivity index (χ0) is 21.6. The van der Waals surface area contributed by atoms with Crippen molar-refractivity contribution in [1.29, 1.82) is 0 Å². The number of morpholine rings is 1. The van der Waals surface area contributed by atoms with Gasteiger partial charge in [-0.25, -0.2) is 4.39 Å². The van der Waals surface area contributed by atoms with Gasteiger partial charge in [0.25, 0.3) is 11.8 Å². The molecule has 1 atom stereocenters. The molecule has 158 valence electrons. The predicted molar refractivity (Wildman–Crippen MR) is 105 cm³/mol. The summed E-state index contributed by atoms with van der Waals surface area (Å²) in [6, 6.07) is 5.32. The number of pyridine rings is 1. The summed E-state index contributed by atoms with van der Waals surface area (Å²) in [5, 5.41) is 13.0. The molecule has 1 fully saturated rings. The van der Waals surface area contributed by atoms with Crippen LogP contribution in [0.1, 0.15) is 40.3 Å². The lowest BCUT2D eigenvalue weighted by molar-refractivity contribution is -0.108. The van der Waals surface area contributed by atoms with Crippen LogP contribution in [0.3, 0.4) is 0 Å². The first-order valence-electron chi connectivity index (χ1n) is 9.60. The van der Waals surface area contributed by atoms with Crippen LogP contribution in [-0.2, 0) is 17.8 Å². The van der Waals surface area contributed by atoms with E-state index in [-0.39, 0.29) is 23.8 Å². The zero-order valence-electron chi connectivity index (χ0n) is 16.6. The van der Waals surface area contributed by atoms with Crippen molar-refractivity contribution in [3.8, 4) is 5.75 Å². The number of aromatic hydroxyl groups is 1. The third kappa shape index (κ3) is 3.56. The molecular weight excluding hydrogens is 393 g/mol. The summed E-state index contributed by atoms with van der Waals surface area (Å²) >= 11 is 0. The first kappa shape index (κ1) is 20.1. The van der Waals surface area contributed by atoms with Gasteiger partial charge in [0.2, 0.25) is 5.43 Å². The summed E-state index contributed by atoms with van der Waals surface area (Å²) in [4.78, 5) is 39.7. The Balaban J connectivity index is 1.61. The molecule has 0 radical (unpaired) electrons. The van der Waals surface area contributed by atoms with E-state index in [1.165, 1.54) is 35.0 Å². The number of amides is 2. The smallest absolute Gasteiger partial charge is 0.274 e. The molecule has 2 amide bonds. The highest BCUT2D eigenvalue weighted by molar-refractivity contribution is 5.99. The molecule has 3 heterocycles. The van der Waals surface area contributed by atoms with E-state index in [4.69, 9.17) is 4.74 Å². The summed E-state index contributed by atoms with van der Waals surface area (Å²) in [7, 11) is 0. The molecule has 2 aliphatic heterocycles. The fourth-order valence-electron chi connectivity index (χ4n) is 3.81. The average molecular weight is 415 g/mol. The van der Waals surface area contributed by atoms with E-state index in [9.17, 15) is 23.9 Å². The number of rotatable bonds is 3. The third-order valence-corrected chi connectivity index (χ3v) is 5.40. The lowest BCUT2D eigenvalue weighted by Gasteiger charge is -2.46. The van der Waals surface area contributed by atoms with Gasteiger partial charge in [0.1, 0.15) is 11.4 Å². The Hall–Kier alpha value is -3.20. The number of aromatic nitrogens is 1. The Morgan fingerprint density at radius 3 is 2.70 bits per heavy atom. The van der Waals surface area contributed by atoms with E-state index in [0.29, 0.717) is 25.3 Å². The monoisotopic (exact) mass is 415 g/mol. The number of fused-ring (bicyclic) bond motifs is 2. The molecule has 4 rings (SSSR count). The van der Waals surface area contributed by atoms with Crippen LogP contribution in [0.4, 0.5) is 4.39 Å². The number of halogens is 1. The fraction of sp³-hybridized carbons (Fsp3) is 0.381. The number of hydrogen-bond donors (Lipinski definition) is 2. The standard InChI is InChI=1S/C21H22FN3O5/c1-21(2)11-25-14(10-30-21)8-24-9-15(17(26)18(27)16(24)20(25)29)19(28)23-7-12-3-5-13(22)6-4-12/h3-6,9,14,27H,7-8,10-11H2,1-2H3,(H,23,28). The van der Waals surface area contributed by atoms with E-state index in [1.54, 1.807) is 4.90 Å². The van der Waals surface area contributed by atoms with Crippen molar-refractivity contribution in [2.24, 2.45) is 0 Å². The maximum absolute atomic E-state index is 13.0. The number of benzene rings is 1. The highest BCUT2D eigenvalue weighted by Crippen LogP contribution is 2.29. The number of ether oxygens (including phenoxy) is 1. The third-order valence-electron chi connectivity index (χ3n) is 5.40. The van der Waals surface area contributed by atoms with Crippen LogP contribution in [0, 0.1) is 5.82 Å². The predicted octanol–water partition coefficient (Wildman–Crippen LogP) is 1.26. The van der Waals surface area contributed by atoms with Gasteiger partial charge in [-0.2, -0.15) is 0 Å². The van der Waals surface area contributed by atoms with Gasteiger partial charge in [-0.05, 0) is 31.5 Å². The first-order chi connectivity index (χ1) is 14.2. The number of hydrogen-bond acceptors (Lipinski definition) is 5. The Morgan fingerprint density at radius 2 is 2.00 bits per heavy atom. The van der Waals surface area contributed by atoms with Crippen molar-refractivity contribution in [3.63, 3.8) is 0 Å². The van der Waals surface area contributed by atoms with Crippen molar-refractivity contribution >= 4 is 11.8 Å². The maximum Gasteiger partial charge on any atom is 0.274 e. The van der Waals surface area contributed by atoms with Gasteiger partial charge in [-0.15, -0.1) is 0 Å². The SMILES string of the molecule is CC1(C)CN2C(=O)c3c(O)c(=O)c(C(=O)NCc4ccc(F)cc4)cn3CC2CO1. The Bertz CT molecular complexity index is 1080. The molecule has 30 heavy (non-hydrogen) atoms. The molecule has 0 saturated carbocycles. The summed E-state index contributed by atoms with van der Waals surface area (Å²) in [5.74, 6) is -2.28. The van der Waals surface area contributed by atoms with Crippen LogP contribution >= 0.6 is 0 Å². The van der Waals surface area contributed by atoms with E-state index in [2.05, 4.69) is 5.32 Å². The van der Waals surface area contributed by atoms with Crippen molar-refractivity contribution in [3.05, 3.63) is 63.3 Å². The van der Waals surface area contributed by atoms with E-state index in [0.717, 1.165) is 0 Å². The second-order valence-corrected chi connectivity index (χ2v) is 8.19. The van der Waals surface area contributed by atoms with Crippen LogP contribution in [0.2, 0.25) is 0 Å². The molecule has 2 aromatic rings. The minimum Gasteiger partial charge on any atom is -0.503 e. The summed E-state index contributed by atoms with van der Waals surface area (Å²) in [5.41, 5.74) is -1.16. The highest BCUT2D eigenvalue weighted by Gasteiger charge is 2.42. The van der Waals surface area contributed by atoms with Crippen molar-refractivity contribution < 1.29 is 23.8 Å². The quantitative estimate of drug-likeness (QED) is 0.786. The van der Waals surface area contributed by atoms with E-state index in [1.807, 2.05) is 13.8 Å². The molecule has 0 aliphatic carbocycles. The van der Waals surface area contributed by atoms with Crippen LogP contribution in [0.5, 0.6) is 5.75 Å². The summed E-state index contributed by atoms with van der Waals surface area (Å²) < 4.78 is 20.2. The molecular formula is C21H22FN3O5. The van der Waals surface area contributed by atoms with Gasteiger partial charge in [0.15, 0.2) is 11.4 Å². The van der Waals surface area contributed by atoms with Crippen LogP contribution in [0.15, 0.2) is 35.3 Å². The Kier molecular flexibility index (Phi) is 4.85. The normalized spacial score (nSPS) is 19.8. The molecule has 8 nitrogen and oxygen atoms in total. The van der Waals surface area contributed by atoms with Crippen molar-refractivity contribution in [1.82, 2.24) is 14.8 Å². The average Bonchev–Trinajstić information content (AvgIpc) is 2.70. The molecule has 1 aromatic carbocycles. The zero-order valence-corrected chi connectivity index (χ0v) is 16.6. The molecule has 1 aromatic heterocycles. The van der Waals surface area contributed by atoms with Gasteiger partial charge in [0, 0.05) is 25.8 Å². The van der Waals surface area contributed by atoms with Gasteiger partial charge in [-0.1, -0.05) is 12.1 Å². The molecule has 9 heteroatoms. The lowest BCUT2D eigenvalue weighted by Crippen LogP contribution is -2.60. The number of carbonyl (C=O) groups excluding carboxylic acids is 2. The molecule has 2 N–H and O–H groups in total. The van der Waals surface area contributed by atoms with Crippen molar-refractivity contribution in [2.75, 3.05) is 13.2 Å². The highest BCUT2D eigenvalue weighted by atomic mass is 19.1. The molecule has 0 spiro atoms. The molecule has 0 bridgehead atoms. The summed E-state index contributed by atoms with van der Waals surface area (Å²) in [6.45, 7) is 4.77. The minimum absolute atomic E-state index is 0.0827. The second kappa shape index (κ2) is 7.24. The number of carbonyl (C=O) groups is 2. The van der Waals surface area contributed by atoms with Crippen LogP contribution in [-0.4, -0.2) is 51.2 Å². The maximum atomic E-state index is 13.0. The van der Waals surface area contributed by atoms with Gasteiger partial charge in [0.05, 0.1) is 18.2 Å². The number of nitrogens with zero attached hydrogens (tertiary/aromatic N) is 2. The topological polar surface area (TPSA) is 101 Å². The Labute approximate surface area is 171 Å². The first-order valence-corrected chi connectivity index (χ1v) is 9.60. The van der Waals surface area contributed by atoms with Crippen molar-refractivity contribution in [2.45, 2.75) is 38.6 Å². The van der Waals surface area contributed by atoms with Gasteiger partial charge in [-0.3, -0.25) is 14.4 Å². The second-order valence-electron chi connectivity index (χ2n) is 8.19. The lowest BCUT2D eigenvalue weighted by atomic mass is 10.0. The molecule has 1 unspecified atom stereocenters. The van der Waals surface area contributed by atoms with Crippen LogP contribution in [0.25, 0.3) is 0 Å². The number of nitrogens with one attached hydrogen (secondary N) is 1. The fourth-order valence-corrected chi connectivity index (χ4v) is 3.81. The summed E-state index contributed by atoms with van der Waals surface area (Å²) in [6.07, 6.45) is 1.30.